The van der Waals surface area contributed by atoms with E-state index in [9.17, 15) is 14.0 Å². The summed E-state index contributed by atoms with van der Waals surface area (Å²) < 4.78 is 17.9. The topological polar surface area (TPSA) is 71.2 Å². The van der Waals surface area contributed by atoms with Gasteiger partial charge in [0.15, 0.2) is 6.61 Å². The molecular formula is C19H16ClFN2O3. The number of fused-ring (bicyclic) bond motifs is 1. The zero-order chi connectivity index (χ0) is 18.5. The van der Waals surface area contributed by atoms with E-state index in [-0.39, 0.29) is 10.6 Å². The third-order valence-corrected chi connectivity index (χ3v) is 4.19. The van der Waals surface area contributed by atoms with Crippen molar-refractivity contribution in [3.8, 4) is 0 Å². The Bertz CT molecular complexity index is 955. The number of rotatable bonds is 6. The van der Waals surface area contributed by atoms with Crippen LogP contribution in [0.3, 0.4) is 0 Å². The zero-order valence-electron chi connectivity index (χ0n) is 13.7. The maximum atomic E-state index is 13.0. The van der Waals surface area contributed by atoms with Crippen LogP contribution >= 0.6 is 11.6 Å². The molecule has 0 aliphatic rings. The number of carbonyl (C=O) groups is 2. The largest absolute Gasteiger partial charge is 0.452 e. The van der Waals surface area contributed by atoms with Crippen LogP contribution in [0.15, 0.2) is 48.7 Å². The van der Waals surface area contributed by atoms with Crippen LogP contribution in [0.2, 0.25) is 5.02 Å². The standard InChI is InChI=1S/C19H16ClFN2O3/c20-16-9-13(21)5-6-15(16)19(25)26-11-18(24)22-8-7-12-10-23-17-4-2-1-3-14(12)17/h1-6,9-10,23H,7-8,11H2,(H,22,24). The molecule has 7 heteroatoms. The Morgan fingerprint density at radius 1 is 1.19 bits per heavy atom. The van der Waals surface area contributed by atoms with E-state index in [2.05, 4.69) is 10.3 Å². The van der Waals surface area contributed by atoms with Gasteiger partial charge in [-0.15, -0.1) is 0 Å². The number of halogens is 2. The summed E-state index contributed by atoms with van der Waals surface area (Å²) >= 11 is 5.78. The van der Waals surface area contributed by atoms with E-state index in [0.29, 0.717) is 13.0 Å². The van der Waals surface area contributed by atoms with Crippen LogP contribution in [0.4, 0.5) is 4.39 Å². The first-order valence-corrected chi connectivity index (χ1v) is 8.36. The van der Waals surface area contributed by atoms with Gasteiger partial charge in [0.25, 0.3) is 5.91 Å². The first kappa shape index (κ1) is 17.9. The number of esters is 1. The van der Waals surface area contributed by atoms with Gasteiger partial charge in [0, 0.05) is 23.6 Å². The number of amides is 1. The first-order chi connectivity index (χ1) is 12.5. The summed E-state index contributed by atoms with van der Waals surface area (Å²) in [5.41, 5.74) is 2.15. The molecule has 0 saturated carbocycles. The van der Waals surface area contributed by atoms with Gasteiger partial charge < -0.3 is 15.0 Å². The monoisotopic (exact) mass is 374 g/mol. The normalized spacial score (nSPS) is 10.7. The third kappa shape index (κ3) is 4.21. The molecule has 5 nitrogen and oxygen atoms in total. The molecule has 1 heterocycles. The number of para-hydroxylation sites is 1. The van der Waals surface area contributed by atoms with Crippen molar-refractivity contribution in [1.82, 2.24) is 10.3 Å². The number of nitrogens with one attached hydrogen (secondary N) is 2. The Kier molecular flexibility index (Phi) is 5.53. The van der Waals surface area contributed by atoms with E-state index in [1.165, 1.54) is 6.07 Å². The van der Waals surface area contributed by atoms with Crippen molar-refractivity contribution in [1.29, 1.82) is 0 Å². The summed E-state index contributed by atoms with van der Waals surface area (Å²) in [6, 6.07) is 11.2. The first-order valence-electron chi connectivity index (χ1n) is 7.98. The lowest BCUT2D eigenvalue weighted by molar-refractivity contribution is -0.124. The van der Waals surface area contributed by atoms with Gasteiger partial charge in [0.1, 0.15) is 5.82 Å². The predicted octanol–water partition coefficient (Wildman–Crippen LogP) is 3.48. The fraction of sp³-hybridized carbons (Fsp3) is 0.158. The Morgan fingerprint density at radius 2 is 2.00 bits per heavy atom. The molecule has 1 amide bonds. The van der Waals surface area contributed by atoms with Crippen molar-refractivity contribution < 1.29 is 18.7 Å². The Morgan fingerprint density at radius 3 is 2.81 bits per heavy atom. The van der Waals surface area contributed by atoms with Crippen LogP contribution in [0.25, 0.3) is 10.9 Å². The average Bonchev–Trinajstić information content (AvgIpc) is 3.03. The van der Waals surface area contributed by atoms with E-state index in [1.54, 1.807) is 0 Å². The molecule has 0 saturated heterocycles. The summed E-state index contributed by atoms with van der Waals surface area (Å²) in [6.07, 6.45) is 2.56. The minimum absolute atomic E-state index is 0.0136. The number of hydrogen-bond donors (Lipinski definition) is 2. The van der Waals surface area contributed by atoms with Gasteiger partial charge in [-0.2, -0.15) is 0 Å². The SMILES string of the molecule is O=C(COC(=O)c1ccc(F)cc1Cl)NCCc1c[nH]c2ccccc12. The average molecular weight is 375 g/mol. The van der Waals surface area contributed by atoms with Crippen LogP contribution in [-0.4, -0.2) is 30.0 Å². The van der Waals surface area contributed by atoms with E-state index in [4.69, 9.17) is 16.3 Å². The highest BCUT2D eigenvalue weighted by molar-refractivity contribution is 6.33. The number of ether oxygens (including phenoxy) is 1. The second-order valence-corrected chi connectivity index (χ2v) is 6.07. The van der Waals surface area contributed by atoms with E-state index >= 15 is 0 Å². The van der Waals surface area contributed by atoms with Crippen LogP contribution in [0, 0.1) is 5.82 Å². The number of benzene rings is 2. The number of aromatic nitrogens is 1. The van der Waals surface area contributed by atoms with Crippen molar-refractivity contribution in [3.05, 3.63) is 70.6 Å². The molecule has 0 radical (unpaired) electrons. The molecule has 134 valence electrons. The molecule has 1 aromatic heterocycles. The van der Waals surface area contributed by atoms with Crippen LogP contribution in [-0.2, 0) is 16.0 Å². The van der Waals surface area contributed by atoms with Gasteiger partial charge in [0.05, 0.1) is 10.6 Å². The Hall–Kier alpha value is -2.86. The highest BCUT2D eigenvalue weighted by atomic mass is 35.5. The van der Waals surface area contributed by atoms with Crippen LogP contribution in [0.5, 0.6) is 0 Å². The molecule has 0 atom stereocenters. The van der Waals surface area contributed by atoms with E-state index in [0.717, 1.165) is 28.6 Å². The van der Waals surface area contributed by atoms with Gasteiger partial charge in [-0.05, 0) is 36.2 Å². The number of H-pyrrole nitrogens is 1. The van der Waals surface area contributed by atoms with E-state index in [1.807, 2.05) is 30.5 Å². The molecule has 0 aliphatic heterocycles. The number of carbonyl (C=O) groups excluding carboxylic acids is 2. The van der Waals surface area contributed by atoms with Gasteiger partial charge in [-0.25, -0.2) is 9.18 Å². The highest BCUT2D eigenvalue weighted by Gasteiger charge is 2.14. The van der Waals surface area contributed by atoms with Crippen molar-refractivity contribution >= 4 is 34.4 Å². The summed E-state index contributed by atoms with van der Waals surface area (Å²) in [4.78, 5) is 26.9. The molecule has 0 spiro atoms. The summed E-state index contributed by atoms with van der Waals surface area (Å²) in [6.45, 7) is -0.0179. The van der Waals surface area contributed by atoms with Crippen molar-refractivity contribution in [3.63, 3.8) is 0 Å². The second kappa shape index (κ2) is 8.01. The zero-order valence-corrected chi connectivity index (χ0v) is 14.5. The molecule has 0 bridgehead atoms. The minimum atomic E-state index is -0.776. The van der Waals surface area contributed by atoms with Crippen molar-refractivity contribution in [2.24, 2.45) is 0 Å². The lowest BCUT2D eigenvalue weighted by atomic mass is 10.1. The maximum Gasteiger partial charge on any atom is 0.340 e. The van der Waals surface area contributed by atoms with Gasteiger partial charge in [0.2, 0.25) is 0 Å². The van der Waals surface area contributed by atoms with Gasteiger partial charge in [-0.3, -0.25) is 4.79 Å². The molecular weight excluding hydrogens is 359 g/mol. The second-order valence-electron chi connectivity index (χ2n) is 5.66. The fourth-order valence-corrected chi connectivity index (χ4v) is 2.83. The van der Waals surface area contributed by atoms with Gasteiger partial charge in [-0.1, -0.05) is 29.8 Å². The molecule has 26 heavy (non-hydrogen) atoms. The fourth-order valence-electron chi connectivity index (χ4n) is 2.59. The Labute approximate surface area is 154 Å². The number of aromatic amines is 1. The van der Waals surface area contributed by atoms with Gasteiger partial charge >= 0.3 is 5.97 Å². The molecule has 2 aromatic carbocycles. The molecule has 3 rings (SSSR count). The minimum Gasteiger partial charge on any atom is -0.452 e. The van der Waals surface area contributed by atoms with Crippen LogP contribution in [0.1, 0.15) is 15.9 Å². The van der Waals surface area contributed by atoms with Crippen molar-refractivity contribution in [2.75, 3.05) is 13.2 Å². The molecule has 0 fully saturated rings. The molecule has 0 aliphatic carbocycles. The quantitative estimate of drug-likeness (QED) is 0.649. The summed E-state index contributed by atoms with van der Waals surface area (Å²) in [5, 5.41) is 3.74. The smallest absolute Gasteiger partial charge is 0.340 e. The highest BCUT2D eigenvalue weighted by Crippen LogP contribution is 2.18. The van der Waals surface area contributed by atoms with E-state index < -0.39 is 24.3 Å². The Balaban J connectivity index is 1.46. The lowest BCUT2D eigenvalue weighted by Gasteiger charge is -2.07. The molecule has 2 N–H and O–H groups in total. The predicted molar refractivity (Wildman–Crippen MR) is 96.7 cm³/mol. The van der Waals surface area contributed by atoms with Crippen molar-refractivity contribution in [2.45, 2.75) is 6.42 Å². The summed E-state index contributed by atoms with van der Waals surface area (Å²) in [7, 11) is 0. The lowest BCUT2D eigenvalue weighted by Crippen LogP contribution is -2.30. The third-order valence-electron chi connectivity index (χ3n) is 3.88. The summed E-state index contributed by atoms with van der Waals surface area (Å²) in [5.74, 6) is -1.75. The molecule has 0 unspecified atom stereocenters. The maximum absolute atomic E-state index is 13.0. The number of hydrogen-bond acceptors (Lipinski definition) is 3. The molecule has 3 aromatic rings. The van der Waals surface area contributed by atoms with Crippen LogP contribution < -0.4 is 5.32 Å².